The maximum atomic E-state index is 11.8. The number of halogens is 1. The van der Waals surface area contributed by atoms with Gasteiger partial charge < -0.3 is 15.8 Å². The molecule has 0 fully saturated rings. The molecule has 0 aromatic heterocycles. The second-order valence-electron chi connectivity index (χ2n) is 4.30. The molecule has 0 aliphatic heterocycles. The van der Waals surface area contributed by atoms with Gasteiger partial charge in [0.25, 0.3) is 0 Å². The number of esters is 1. The molecule has 0 radical (unpaired) electrons. The van der Waals surface area contributed by atoms with E-state index in [-0.39, 0.29) is 0 Å². The first-order valence-corrected chi connectivity index (χ1v) is 6.41. The number of ether oxygens (including phenoxy) is 1. The van der Waals surface area contributed by atoms with E-state index in [0.717, 1.165) is 11.3 Å². The summed E-state index contributed by atoms with van der Waals surface area (Å²) in [7, 11) is 1.33. The average Bonchev–Trinajstić information content (AvgIpc) is 2.45. The van der Waals surface area contributed by atoms with E-state index >= 15 is 0 Å². The number of nitrogen functional groups attached to an aromatic ring is 1. The van der Waals surface area contributed by atoms with Crippen LogP contribution in [0.3, 0.4) is 0 Å². The van der Waals surface area contributed by atoms with Gasteiger partial charge in [0.1, 0.15) is 0 Å². The highest BCUT2D eigenvalue weighted by molar-refractivity contribution is 6.31. The van der Waals surface area contributed by atoms with Crippen LogP contribution >= 0.6 is 11.6 Å². The third-order valence-electron chi connectivity index (χ3n) is 3.03. The number of para-hydroxylation sites is 1. The highest BCUT2D eigenvalue weighted by Crippen LogP contribution is 2.31. The number of nitrogens with two attached hydrogens (primary N) is 1. The molecule has 3 N–H and O–H groups in total. The predicted molar refractivity (Wildman–Crippen MR) is 81.7 cm³/mol. The minimum atomic E-state index is -0.445. The molecule has 104 valence electrons. The second kappa shape index (κ2) is 5.84. The fraction of sp³-hybridized carbons (Fsp3) is 0.133. The zero-order chi connectivity index (χ0) is 14.7. The van der Waals surface area contributed by atoms with Crippen molar-refractivity contribution in [3.8, 4) is 0 Å². The summed E-state index contributed by atoms with van der Waals surface area (Å²) >= 11 is 6.09. The third-order valence-corrected chi connectivity index (χ3v) is 3.44. The fourth-order valence-electron chi connectivity index (χ4n) is 1.87. The Kier molecular flexibility index (Phi) is 4.15. The lowest BCUT2D eigenvalue weighted by atomic mass is 10.1. The molecule has 20 heavy (non-hydrogen) atoms. The zero-order valence-corrected chi connectivity index (χ0v) is 12.0. The molecule has 4 nitrogen and oxygen atoms in total. The number of hydrogen-bond donors (Lipinski definition) is 2. The van der Waals surface area contributed by atoms with Crippen molar-refractivity contribution in [2.75, 3.05) is 18.2 Å². The lowest BCUT2D eigenvalue weighted by Gasteiger charge is -2.15. The van der Waals surface area contributed by atoms with Crippen LogP contribution in [0.25, 0.3) is 0 Å². The summed E-state index contributed by atoms with van der Waals surface area (Å²) in [6.45, 7) is 1.89. The van der Waals surface area contributed by atoms with Crippen LogP contribution in [-0.2, 0) is 4.74 Å². The molecule has 0 saturated heterocycles. The predicted octanol–water partition coefficient (Wildman–Crippen LogP) is 3.76. The van der Waals surface area contributed by atoms with E-state index in [0.29, 0.717) is 22.0 Å². The van der Waals surface area contributed by atoms with Gasteiger partial charge in [0.05, 0.1) is 24.0 Å². The Balaban J connectivity index is 2.48. The van der Waals surface area contributed by atoms with E-state index in [1.165, 1.54) is 7.11 Å². The van der Waals surface area contributed by atoms with Gasteiger partial charge in [-0.25, -0.2) is 4.79 Å². The fourth-order valence-corrected chi connectivity index (χ4v) is 2.04. The Morgan fingerprint density at radius 3 is 2.65 bits per heavy atom. The highest BCUT2D eigenvalue weighted by atomic mass is 35.5. The van der Waals surface area contributed by atoms with Crippen molar-refractivity contribution in [1.82, 2.24) is 0 Å². The number of rotatable bonds is 3. The Hall–Kier alpha value is -2.20. The smallest absolute Gasteiger partial charge is 0.340 e. The van der Waals surface area contributed by atoms with Crippen molar-refractivity contribution in [2.45, 2.75) is 6.92 Å². The number of anilines is 3. The number of nitrogens with one attached hydrogen (secondary N) is 1. The molecule has 0 bridgehead atoms. The number of carbonyl (C=O) groups excluding carboxylic acids is 1. The first kappa shape index (κ1) is 14.2. The number of methoxy groups -OCH3 is 1. The number of carbonyl (C=O) groups is 1. The summed E-state index contributed by atoms with van der Waals surface area (Å²) in [6, 6.07) is 10.6. The van der Waals surface area contributed by atoms with E-state index in [1.807, 2.05) is 19.1 Å². The highest BCUT2D eigenvalue weighted by Gasteiger charge is 2.15. The van der Waals surface area contributed by atoms with Gasteiger partial charge in [0.2, 0.25) is 0 Å². The largest absolute Gasteiger partial charge is 0.465 e. The van der Waals surface area contributed by atoms with E-state index in [2.05, 4.69) is 5.32 Å². The van der Waals surface area contributed by atoms with Crippen molar-refractivity contribution in [1.29, 1.82) is 0 Å². The van der Waals surface area contributed by atoms with Crippen LogP contribution in [0, 0.1) is 6.92 Å². The summed E-state index contributed by atoms with van der Waals surface area (Å²) in [4.78, 5) is 11.8. The Labute approximate surface area is 122 Å². The normalized spacial score (nSPS) is 10.2. The van der Waals surface area contributed by atoms with Gasteiger partial charge in [-0.15, -0.1) is 0 Å². The van der Waals surface area contributed by atoms with Crippen molar-refractivity contribution in [3.63, 3.8) is 0 Å². The molecule has 0 unspecified atom stereocenters. The second-order valence-corrected chi connectivity index (χ2v) is 4.71. The summed E-state index contributed by atoms with van der Waals surface area (Å²) in [6.07, 6.45) is 0. The lowest BCUT2D eigenvalue weighted by molar-refractivity contribution is 0.0602. The van der Waals surface area contributed by atoms with Gasteiger partial charge in [-0.05, 0) is 36.8 Å². The van der Waals surface area contributed by atoms with Crippen molar-refractivity contribution in [2.24, 2.45) is 0 Å². The Bertz CT molecular complexity index is 656. The first-order valence-electron chi connectivity index (χ1n) is 6.03. The third kappa shape index (κ3) is 2.70. The zero-order valence-electron chi connectivity index (χ0n) is 11.2. The summed E-state index contributed by atoms with van der Waals surface area (Å²) in [5.74, 6) is -0.445. The molecule has 0 atom stereocenters. The van der Waals surface area contributed by atoms with Gasteiger partial charge in [-0.2, -0.15) is 0 Å². The van der Waals surface area contributed by atoms with Gasteiger partial charge in [0, 0.05) is 10.7 Å². The molecule has 2 aromatic carbocycles. The topological polar surface area (TPSA) is 64.3 Å². The van der Waals surface area contributed by atoms with Crippen LogP contribution in [0.4, 0.5) is 17.1 Å². The van der Waals surface area contributed by atoms with Crippen LogP contribution in [0.1, 0.15) is 15.9 Å². The molecule has 2 rings (SSSR count). The maximum absolute atomic E-state index is 11.8. The maximum Gasteiger partial charge on any atom is 0.340 e. The van der Waals surface area contributed by atoms with Crippen LogP contribution in [0.2, 0.25) is 5.02 Å². The number of hydrogen-bond acceptors (Lipinski definition) is 4. The molecular weight excluding hydrogens is 276 g/mol. The van der Waals surface area contributed by atoms with E-state index in [9.17, 15) is 4.79 Å². The molecule has 0 aliphatic rings. The Morgan fingerprint density at radius 2 is 1.95 bits per heavy atom. The standard InChI is InChI=1S/C15H15ClN2O2/c1-9-11(16)6-4-8-13(9)18-14-10(15(19)20-2)5-3-7-12(14)17/h3-8,18H,17H2,1-2H3. The quantitative estimate of drug-likeness (QED) is 0.667. The first-order chi connectivity index (χ1) is 9.54. The summed E-state index contributed by atoms with van der Waals surface area (Å²) in [5.41, 5.74) is 8.99. The molecule has 0 saturated carbocycles. The minimum absolute atomic E-state index is 0.381. The van der Waals surface area contributed by atoms with Crippen LogP contribution < -0.4 is 11.1 Å². The Morgan fingerprint density at radius 1 is 1.25 bits per heavy atom. The minimum Gasteiger partial charge on any atom is -0.465 e. The van der Waals surface area contributed by atoms with Gasteiger partial charge in [-0.1, -0.05) is 23.7 Å². The molecule has 0 aliphatic carbocycles. The molecule has 5 heteroatoms. The van der Waals surface area contributed by atoms with E-state index in [1.54, 1.807) is 24.3 Å². The molecule has 2 aromatic rings. The van der Waals surface area contributed by atoms with Crippen molar-refractivity contribution >= 4 is 34.6 Å². The lowest BCUT2D eigenvalue weighted by Crippen LogP contribution is -2.08. The van der Waals surface area contributed by atoms with Gasteiger partial charge >= 0.3 is 5.97 Å². The van der Waals surface area contributed by atoms with E-state index in [4.69, 9.17) is 22.1 Å². The molecule has 0 spiro atoms. The SMILES string of the molecule is COC(=O)c1cccc(N)c1Nc1cccc(Cl)c1C. The van der Waals surface area contributed by atoms with E-state index < -0.39 is 5.97 Å². The van der Waals surface area contributed by atoms with Gasteiger partial charge in [0.15, 0.2) is 0 Å². The van der Waals surface area contributed by atoms with Crippen molar-refractivity contribution in [3.05, 3.63) is 52.5 Å². The monoisotopic (exact) mass is 290 g/mol. The van der Waals surface area contributed by atoms with Crippen molar-refractivity contribution < 1.29 is 9.53 Å². The average molecular weight is 291 g/mol. The van der Waals surface area contributed by atoms with Crippen LogP contribution in [0.5, 0.6) is 0 Å². The molecule has 0 amide bonds. The number of benzene rings is 2. The molecular formula is C15H15ClN2O2. The van der Waals surface area contributed by atoms with Crippen LogP contribution in [-0.4, -0.2) is 13.1 Å². The molecule has 0 heterocycles. The van der Waals surface area contributed by atoms with Crippen LogP contribution in [0.15, 0.2) is 36.4 Å². The summed E-state index contributed by atoms with van der Waals surface area (Å²) < 4.78 is 4.76. The van der Waals surface area contributed by atoms with Gasteiger partial charge in [-0.3, -0.25) is 0 Å². The summed E-state index contributed by atoms with van der Waals surface area (Å²) in [5, 5.41) is 3.80.